The largest absolute Gasteiger partial charge is 0.384 e. The standard InChI is InChI=1S/C16H15N3O2/c1-12(14-6-2-3-9-17-14)19-16(21)15-8-7-13(11-18-15)5-4-10-20/h2-3,6-9,11-12,20H,10H2,1H3,(H,19,21). The van der Waals surface area contributed by atoms with Crippen LogP contribution in [0.4, 0.5) is 0 Å². The number of pyridine rings is 2. The first-order valence-electron chi connectivity index (χ1n) is 6.48. The number of amides is 1. The number of hydrogen-bond acceptors (Lipinski definition) is 4. The van der Waals surface area contributed by atoms with Crippen molar-refractivity contribution in [3.63, 3.8) is 0 Å². The Morgan fingerprint density at radius 3 is 2.81 bits per heavy atom. The zero-order valence-corrected chi connectivity index (χ0v) is 11.6. The van der Waals surface area contributed by atoms with E-state index < -0.39 is 0 Å². The third-order valence-electron chi connectivity index (χ3n) is 2.79. The summed E-state index contributed by atoms with van der Waals surface area (Å²) >= 11 is 0. The van der Waals surface area contributed by atoms with Crippen LogP contribution in [-0.2, 0) is 0 Å². The number of nitrogens with one attached hydrogen (secondary N) is 1. The van der Waals surface area contributed by atoms with Crippen LogP contribution < -0.4 is 5.32 Å². The molecule has 0 aliphatic carbocycles. The molecule has 0 fully saturated rings. The lowest BCUT2D eigenvalue weighted by atomic mass is 10.2. The first-order chi connectivity index (χ1) is 10.2. The molecule has 5 nitrogen and oxygen atoms in total. The molecule has 5 heteroatoms. The van der Waals surface area contributed by atoms with Gasteiger partial charge in [0.2, 0.25) is 0 Å². The van der Waals surface area contributed by atoms with Crippen molar-refractivity contribution in [3.05, 3.63) is 59.7 Å². The maximum Gasteiger partial charge on any atom is 0.270 e. The molecule has 0 aliphatic rings. The van der Waals surface area contributed by atoms with Gasteiger partial charge < -0.3 is 10.4 Å². The predicted molar refractivity (Wildman–Crippen MR) is 78.3 cm³/mol. The van der Waals surface area contributed by atoms with E-state index in [1.807, 2.05) is 25.1 Å². The molecule has 2 aromatic rings. The summed E-state index contributed by atoms with van der Waals surface area (Å²) in [6.45, 7) is 1.66. The Hall–Kier alpha value is -2.71. The van der Waals surface area contributed by atoms with Crippen molar-refractivity contribution >= 4 is 5.91 Å². The fourth-order valence-corrected chi connectivity index (χ4v) is 1.72. The Bertz CT molecular complexity index is 657. The van der Waals surface area contributed by atoms with Gasteiger partial charge in [0.15, 0.2) is 0 Å². The van der Waals surface area contributed by atoms with Crippen LogP contribution in [0.1, 0.15) is 34.7 Å². The van der Waals surface area contributed by atoms with Gasteiger partial charge in [-0.2, -0.15) is 0 Å². The third-order valence-corrected chi connectivity index (χ3v) is 2.79. The summed E-state index contributed by atoms with van der Waals surface area (Å²) in [5.74, 6) is 4.98. The van der Waals surface area contributed by atoms with Gasteiger partial charge in [0.25, 0.3) is 5.91 Å². The van der Waals surface area contributed by atoms with E-state index in [1.54, 1.807) is 18.3 Å². The van der Waals surface area contributed by atoms with Crippen molar-refractivity contribution in [2.45, 2.75) is 13.0 Å². The van der Waals surface area contributed by atoms with Gasteiger partial charge in [-0.15, -0.1) is 0 Å². The highest BCUT2D eigenvalue weighted by Crippen LogP contribution is 2.09. The molecule has 0 aliphatic heterocycles. The summed E-state index contributed by atoms with van der Waals surface area (Å²) < 4.78 is 0. The number of aliphatic hydroxyl groups is 1. The Morgan fingerprint density at radius 2 is 2.19 bits per heavy atom. The lowest BCUT2D eigenvalue weighted by molar-refractivity contribution is 0.0934. The van der Waals surface area contributed by atoms with Crippen molar-refractivity contribution in [1.29, 1.82) is 0 Å². The molecule has 2 N–H and O–H groups in total. The quantitative estimate of drug-likeness (QED) is 0.832. The van der Waals surface area contributed by atoms with Crippen LogP contribution in [0.15, 0.2) is 42.7 Å². The number of carbonyl (C=O) groups excluding carboxylic acids is 1. The smallest absolute Gasteiger partial charge is 0.270 e. The number of hydrogen-bond donors (Lipinski definition) is 2. The number of nitrogens with zero attached hydrogens (tertiary/aromatic N) is 2. The predicted octanol–water partition coefficient (Wildman–Crippen LogP) is 1.31. The summed E-state index contributed by atoms with van der Waals surface area (Å²) in [4.78, 5) is 20.3. The van der Waals surface area contributed by atoms with Crippen molar-refractivity contribution in [2.24, 2.45) is 0 Å². The molecule has 1 amide bonds. The van der Waals surface area contributed by atoms with Crippen molar-refractivity contribution in [2.75, 3.05) is 6.61 Å². The molecule has 0 saturated carbocycles. The molecular weight excluding hydrogens is 266 g/mol. The van der Waals surface area contributed by atoms with Crippen LogP contribution in [0, 0.1) is 11.8 Å². The number of carbonyl (C=O) groups is 1. The summed E-state index contributed by atoms with van der Waals surface area (Å²) in [5, 5.41) is 11.4. The zero-order valence-electron chi connectivity index (χ0n) is 11.6. The third kappa shape index (κ3) is 4.13. The second-order valence-corrected chi connectivity index (χ2v) is 4.34. The van der Waals surface area contributed by atoms with E-state index in [2.05, 4.69) is 27.1 Å². The van der Waals surface area contributed by atoms with Crippen LogP contribution in [0.3, 0.4) is 0 Å². The SMILES string of the molecule is CC(NC(=O)c1ccc(C#CCO)cn1)c1ccccn1. The van der Waals surface area contributed by atoms with Crippen molar-refractivity contribution in [1.82, 2.24) is 15.3 Å². The molecule has 0 bridgehead atoms. The summed E-state index contributed by atoms with van der Waals surface area (Å²) in [6.07, 6.45) is 3.19. The highest BCUT2D eigenvalue weighted by atomic mass is 16.2. The van der Waals surface area contributed by atoms with E-state index >= 15 is 0 Å². The highest BCUT2D eigenvalue weighted by Gasteiger charge is 2.12. The van der Waals surface area contributed by atoms with E-state index in [1.165, 1.54) is 6.20 Å². The Labute approximate surface area is 123 Å². The molecule has 21 heavy (non-hydrogen) atoms. The van der Waals surface area contributed by atoms with Crippen LogP contribution in [0.2, 0.25) is 0 Å². The van der Waals surface area contributed by atoms with Gasteiger partial charge in [0.05, 0.1) is 11.7 Å². The fourth-order valence-electron chi connectivity index (χ4n) is 1.72. The second-order valence-electron chi connectivity index (χ2n) is 4.34. The van der Waals surface area contributed by atoms with Gasteiger partial charge in [-0.1, -0.05) is 17.9 Å². The maximum absolute atomic E-state index is 12.1. The normalized spacial score (nSPS) is 11.1. The van der Waals surface area contributed by atoms with Gasteiger partial charge in [0.1, 0.15) is 12.3 Å². The van der Waals surface area contributed by atoms with E-state index in [9.17, 15) is 4.79 Å². The number of rotatable bonds is 3. The molecule has 0 saturated heterocycles. The van der Waals surface area contributed by atoms with Gasteiger partial charge in [-0.25, -0.2) is 4.98 Å². The maximum atomic E-state index is 12.1. The van der Waals surface area contributed by atoms with E-state index in [-0.39, 0.29) is 18.6 Å². The molecule has 2 heterocycles. The Kier molecular flexibility index (Phi) is 5.02. The minimum atomic E-state index is -0.269. The lowest BCUT2D eigenvalue weighted by Gasteiger charge is -2.12. The summed E-state index contributed by atoms with van der Waals surface area (Å²) in [6, 6.07) is 8.64. The highest BCUT2D eigenvalue weighted by molar-refractivity contribution is 5.92. The van der Waals surface area contributed by atoms with Gasteiger partial charge in [0, 0.05) is 18.0 Å². The molecule has 106 valence electrons. The minimum Gasteiger partial charge on any atom is -0.384 e. The Morgan fingerprint density at radius 1 is 1.33 bits per heavy atom. The van der Waals surface area contributed by atoms with E-state index in [0.29, 0.717) is 11.3 Å². The van der Waals surface area contributed by atoms with Gasteiger partial charge >= 0.3 is 0 Å². The molecule has 0 spiro atoms. The molecule has 1 unspecified atom stereocenters. The van der Waals surface area contributed by atoms with Crippen LogP contribution in [-0.4, -0.2) is 27.6 Å². The fraction of sp³-hybridized carbons (Fsp3) is 0.188. The van der Waals surface area contributed by atoms with Crippen molar-refractivity contribution < 1.29 is 9.90 Å². The number of aromatic nitrogens is 2. The molecule has 0 radical (unpaired) electrons. The van der Waals surface area contributed by atoms with Gasteiger partial charge in [-0.3, -0.25) is 9.78 Å². The van der Waals surface area contributed by atoms with Crippen LogP contribution >= 0.6 is 0 Å². The molecule has 0 aromatic carbocycles. The molecule has 1 atom stereocenters. The monoisotopic (exact) mass is 281 g/mol. The van der Waals surface area contributed by atoms with Gasteiger partial charge in [-0.05, 0) is 31.2 Å². The summed E-state index contributed by atoms with van der Waals surface area (Å²) in [7, 11) is 0. The average Bonchev–Trinajstić information content (AvgIpc) is 2.54. The lowest BCUT2D eigenvalue weighted by Crippen LogP contribution is -2.27. The minimum absolute atomic E-state index is 0.200. The first-order valence-corrected chi connectivity index (χ1v) is 6.48. The molecule has 2 aromatic heterocycles. The molecule has 2 rings (SSSR count). The second kappa shape index (κ2) is 7.17. The van der Waals surface area contributed by atoms with Crippen molar-refractivity contribution in [3.8, 4) is 11.8 Å². The number of aliphatic hydroxyl groups excluding tert-OH is 1. The zero-order chi connectivity index (χ0) is 15.1. The van der Waals surface area contributed by atoms with E-state index in [4.69, 9.17) is 5.11 Å². The van der Waals surface area contributed by atoms with Crippen LogP contribution in [0.25, 0.3) is 0 Å². The topological polar surface area (TPSA) is 75.1 Å². The van der Waals surface area contributed by atoms with Crippen LogP contribution in [0.5, 0.6) is 0 Å². The summed E-state index contributed by atoms with van der Waals surface area (Å²) in [5.41, 5.74) is 1.75. The van der Waals surface area contributed by atoms with E-state index in [0.717, 1.165) is 5.69 Å². The Balaban J connectivity index is 2.03. The average molecular weight is 281 g/mol. The first kappa shape index (κ1) is 14.7. The molecular formula is C16H15N3O2.